The topological polar surface area (TPSA) is 21.3 Å². The highest BCUT2D eigenvalue weighted by molar-refractivity contribution is 5.48. The van der Waals surface area contributed by atoms with Gasteiger partial charge in [-0.1, -0.05) is 18.2 Å². The van der Waals surface area contributed by atoms with Crippen LogP contribution >= 0.6 is 0 Å². The maximum absolute atomic E-state index is 13.8. The molecule has 0 radical (unpaired) electrons. The molecule has 0 aromatic heterocycles. The van der Waals surface area contributed by atoms with Crippen LogP contribution in [0.1, 0.15) is 23.5 Å². The second kappa shape index (κ2) is 5.72. The van der Waals surface area contributed by atoms with Crippen molar-refractivity contribution >= 4 is 5.69 Å². The number of rotatable bonds is 3. The molecule has 0 fully saturated rings. The molecule has 3 rings (SSSR count). The Kier molecular flexibility index (Phi) is 3.78. The molecular formula is C17H17F2NO. The van der Waals surface area contributed by atoms with Crippen molar-refractivity contribution in [2.45, 2.75) is 19.3 Å². The third-order valence-corrected chi connectivity index (χ3v) is 3.87. The minimum absolute atomic E-state index is 0.210. The maximum Gasteiger partial charge on any atom is 0.146 e. The molecule has 0 spiro atoms. The zero-order chi connectivity index (χ0) is 14.8. The molecule has 21 heavy (non-hydrogen) atoms. The molecular weight excluding hydrogens is 272 g/mol. The average Bonchev–Trinajstić information content (AvgIpc) is 2.49. The van der Waals surface area contributed by atoms with Crippen LogP contribution in [0.3, 0.4) is 0 Å². The molecule has 1 heterocycles. The summed E-state index contributed by atoms with van der Waals surface area (Å²) in [6, 6.07) is 10.3. The predicted molar refractivity (Wildman–Crippen MR) is 78.9 cm³/mol. The molecule has 0 aliphatic carbocycles. The molecule has 0 saturated carbocycles. The number of halogens is 2. The van der Waals surface area contributed by atoms with Crippen LogP contribution in [-0.2, 0) is 0 Å². The fourth-order valence-electron chi connectivity index (χ4n) is 2.64. The monoisotopic (exact) mass is 289 g/mol. The van der Waals surface area contributed by atoms with Gasteiger partial charge in [0.05, 0.1) is 12.3 Å². The first-order valence-electron chi connectivity index (χ1n) is 7.06. The lowest BCUT2D eigenvalue weighted by molar-refractivity contribution is 0.270. The van der Waals surface area contributed by atoms with Crippen LogP contribution < -0.4 is 10.1 Å². The van der Waals surface area contributed by atoms with Gasteiger partial charge in [-0.05, 0) is 36.6 Å². The first kappa shape index (κ1) is 13.9. The van der Waals surface area contributed by atoms with E-state index in [2.05, 4.69) is 5.32 Å². The summed E-state index contributed by atoms with van der Waals surface area (Å²) in [4.78, 5) is 0. The molecule has 1 aliphatic heterocycles. The smallest absolute Gasteiger partial charge is 0.146 e. The van der Waals surface area contributed by atoms with E-state index in [1.165, 1.54) is 12.1 Å². The lowest BCUT2D eigenvalue weighted by Gasteiger charge is -2.26. The highest BCUT2D eigenvalue weighted by atomic mass is 19.1. The Morgan fingerprint density at radius 3 is 2.86 bits per heavy atom. The van der Waals surface area contributed by atoms with E-state index in [9.17, 15) is 8.78 Å². The number of fused-ring (bicyclic) bond motifs is 1. The highest BCUT2D eigenvalue weighted by Gasteiger charge is 2.21. The molecule has 1 atom stereocenters. The van der Waals surface area contributed by atoms with E-state index in [4.69, 9.17) is 4.74 Å². The lowest BCUT2D eigenvalue weighted by atomic mass is 9.93. The Labute approximate surface area is 122 Å². The molecule has 2 aromatic rings. The van der Waals surface area contributed by atoms with Crippen molar-refractivity contribution in [3.8, 4) is 5.75 Å². The minimum atomic E-state index is -0.422. The normalized spacial score (nSPS) is 17.0. The Balaban J connectivity index is 1.76. The summed E-state index contributed by atoms with van der Waals surface area (Å²) in [7, 11) is 0. The Morgan fingerprint density at radius 1 is 1.19 bits per heavy atom. The number of ether oxygens (including phenoxy) is 1. The van der Waals surface area contributed by atoms with Crippen LogP contribution in [0.25, 0.3) is 0 Å². The van der Waals surface area contributed by atoms with Gasteiger partial charge in [0.1, 0.15) is 17.4 Å². The third kappa shape index (κ3) is 2.84. The third-order valence-electron chi connectivity index (χ3n) is 3.87. The SMILES string of the molecule is Cc1cc(F)c(NCC2CCOc3ccccc32)cc1F. The van der Waals surface area contributed by atoms with E-state index in [0.717, 1.165) is 17.7 Å². The van der Waals surface area contributed by atoms with Crippen LogP contribution in [-0.4, -0.2) is 13.2 Å². The summed E-state index contributed by atoms with van der Waals surface area (Å²) in [5.41, 5.74) is 1.64. The second-order valence-corrected chi connectivity index (χ2v) is 5.33. The highest BCUT2D eigenvalue weighted by Crippen LogP contribution is 2.33. The molecule has 110 valence electrons. The van der Waals surface area contributed by atoms with Gasteiger partial charge in [0, 0.05) is 18.5 Å². The molecule has 0 saturated heterocycles. The van der Waals surface area contributed by atoms with Gasteiger partial charge in [0.2, 0.25) is 0 Å². The Morgan fingerprint density at radius 2 is 2.00 bits per heavy atom. The summed E-state index contributed by atoms with van der Waals surface area (Å²) in [5.74, 6) is 0.297. The molecule has 1 unspecified atom stereocenters. The van der Waals surface area contributed by atoms with E-state index < -0.39 is 11.6 Å². The van der Waals surface area contributed by atoms with Crippen molar-refractivity contribution in [3.63, 3.8) is 0 Å². The van der Waals surface area contributed by atoms with Gasteiger partial charge in [-0.15, -0.1) is 0 Å². The molecule has 0 amide bonds. The van der Waals surface area contributed by atoms with Gasteiger partial charge in [0.25, 0.3) is 0 Å². The molecule has 4 heteroatoms. The standard InChI is InChI=1S/C17H17F2NO/c1-11-8-15(19)16(9-14(11)18)20-10-12-6-7-21-17-5-3-2-4-13(12)17/h2-5,8-9,12,20H,6-7,10H2,1H3. The van der Waals surface area contributed by atoms with Gasteiger partial charge in [-0.3, -0.25) is 0 Å². The molecule has 2 nitrogen and oxygen atoms in total. The van der Waals surface area contributed by atoms with E-state index in [-0.39, 0.29) is 11.6 Å². The minimum Gasteiger partial charge on any atom is -0.493 e. The van der Waals surface area contributed by atoms with Gasteiger partial charge in [0.15, 0.2) is 0 Å². The summed E-state index contributed by atoms with van der Waals surface area (Å²) < 4.78 is 33.0. The van der Waals surface area contributed by atoms with Crippen LogP contribution in [0.15, 0.2) is 36.4 Å². The van der Waals surface area contributed by atoms with E-state index >= 15 is 0 Å². The van der Waals surface area contributed by atoms with E-state index in [1.54, 1.807) is 6.92 Å². The predicted octanol–water partition coefficient (Wildman–Crippen LogP) is 4.25. The van der Waals surface area contributed by atoms with Gasteiger partial charge >= 0.3 is 0 Å². The van der Waals surface area contributed by atoms with Crippen molar-refractivity contribution in [2.24, 2.45) is 0 Å². The largest absolute Gasteiger partial charge is 0.493 e. The zero-order valence-corrected chi connectivity index (χ0v) is 11.8. The first-order chi connectivity index (χ1) is 10.1. The Hall–Kier alpha value is -2.10. The Bertz CT molecular complexity index is 657. The quantitative estimate of drug-likeness (QED) is 0.912. The van der Waals surface area contributed by atoms with Crippen LogP contribution in [0, 0.1) is 18.6 Å². The number of hydrogen-bond donors (Lipinski definition) is 1. The average molecular weight is 289 g/mol. The van der Waals surface area contributed by atoms with Crippen LogP contribution in [0.2, 0.25) is 0 Å². The van der Waals surface area contributed by atoms with Crippen LogP contribution in [0.4, 0.5) is 14.5 Å². The number of hydrogen-bond acceptors (Lipinski definition) is 2. The number of para-hydroxylation sites is 1. The first-order valence-corrected chi connectivity index (χ1v) is 7.06. The number of benzene rings is 2. The number of anilines is 1. The van der Waals surface area contributed by atoms with Gasteiger partial charge < -0.3 is 10.1 Å². The summed E-state index contributed by atoms with van der Waals surface area (Å²) in [6.45, 7) is 2.75. The molecule has 1 N–H and O–H groups in total. The number of aryl methyl sites for hydroxylation is 1. The molecule has 0 bridgehead atoms. The van der Waals surface area contributed by atoms with E-state index in [1.807, 2.05) is 24.3 Å². The summed E-state index contributed by atoms with van der Waals surface area (Å²) >= 11 is 0. The summed E-state index contributed by atoms with van der Waals surface area (Å²) in [5, 5.41) is 3.02. The zero-order valence-electron chi connectivity index (χ0n) is 11.8. The molecule has 2 aromatic carbocycles. The van der Waals surface area contributed by atoms with Crippen LogP contribution in [0.5, 0.6) is 5.75 Å². The lowest BCUT2D eigenvalue weighted by Crippen LogP contribution is -2.21. The molecule has 1 aliphatic rings. The van der Waals surface area contributed by atoms with Gasteiger partial charge in [-0.25, -0.2) is 8.78 Å². The van der Waals surface area contributed by atoms with Crippen molar-refractivity contribution < 1.29 is 13.5 Å². The van der Waals surface area contributed by atoms with Gasteiger partial charge in [-0.2, -0.15) is 0 Å². The number of nitrogens with one attached hydrogen (secondary N) is 1. The summed E-state index contributed by atoms with van der Waals surface area (Å²) in [6.07, 6.45) is 0.861. The fraction of sp³-hybridized carbons (Fsp3) is 0.294. The van der Waals surface area contributed by atoms with E-state index in [0.29, 0.717) is 18.7 Å². The fourth-order valence-corrected chi connectivity index (χ4v) is 2.64. The van der Waals surface area contributed by atoms with Crippen molar-refractivity contribution in [3.05, 3.63) is 59.2 Å². The van der Waals surface area contributed by atoms with Crippen molar-refractivity contribution in [2.75, 3.05) is 18.5 Å². The van der Waals surface area contributed by atoms with Crippen molar-refractivity contribution in [1.82, 2.24) is 0 Å². The second-order valence-electron chi connectivity index (χ2n) is 5.33. The van der Waals surface area contributed by atoms with Crippen molar-refractivity contribution in [1.29, 1.82) is 0 Å². The maximum atomic E-state index is 13.8.